The zero-order valence-corrected chi connectivity index (χ0v) is 8.63. The molecule has 0 unspecified atom stereocenters. The highest BCUT2D eigenvalue weighted by Gasteiger charge is 2.09. The SMILES string of the molecule is COC(=O)Cc1ccc(O)c(C)c1C. The van der Waals surface area contributed by atoms with E-state index in [1.165, 1.54) is 7.11 Å². The number of hydrogen-bond donors (Lipinski definition) is 1. The molecule has 0 aliphatic rings. The zero-order valence-electron chi connectivity index (χ0n) is 8.63. The Morgan fingerprint density at radius 2 is 2.00 bits per heavy atom. The lowest BCUT2D eigenvalue weighted by molar-refractivity contribution is -0.139. The minimum Gasteiger partial charge on any atom is -0.508 e. The third kappa shape index (κ3) is 2.05. The molecule has 0 spiro atoms. The standard InChI is InChI=1S/C11H14O3/c1-7-8(2)10(12)5-4-9(7)6-11(13)14-3/h4-5,12H,6H2,1-3H3. The van der Waals surface area contributed by atoms with Crippen LogP contribution >= 0.6 is 0 Å². The van der Waals surface area contributed by atoms with Crippen molar-refractivity contribution in [3.8, 4) is 5.75 Å². The Balaban J connectivity index is 3.00. The summed E-state index contributed by atoms with van der Waals surface area (Å²) in [5.41, 5.74) is 2.65. The van der Waals surface area contributed by atoms with Gasteiger partial charge >= 0.3 is 5.97 Å². The van der Waals surface area contributed by atoms with Crippen LogP contribution in [-0.4, -0.2) is 18.2 Å². The van der Waals surface area contributed by atoms with E-state index in [2.05, 4.69) is 4.74 Å². The van der Waals surface area contributed by atoms with Gasteiger partial charge in [0.1, 0.15) is 5.75 Å². The maximum atomic E-state index is 11.0. The first-order valence-corrected chi connectivity index (χ1v) is 4.41. The molecule has 3 nitrogen and oxygen atoms in total. The molecule has 14 heavy (non-hydrogen) atoms. The van der Waals surface area contributed by atoms with Crippen molar-refractivity contribution in [3.05, 3.63) is 28.8 Å². The average molecular weight is 194 g/mol. The van der Waals surface area contributed by atoms with Gasteiger partial charge in [-0.25, -0.2) is 0 Å². The van der Waals surface area contributed by atoms with E-state index in [4.69, 9.17) is 0 Å². The molecular formula is C11H14O3. The summed E-state index contributed by atoms with van der Waals surface area (Å²) in [6, 6.07) is 3.34. The number of phenolic OH excluding ortho intramolecular Hbond substituents is 1. The van der Waals surface area contributed by atoms with Gasteiger partial charge in [-0.2, -0.15) is 0 Å². The van der Waals surface area contributed by atoms with Gasteiger partial charge in [0.2, 0.25) is 0 Å². The number of hydrogen-bond acceptors (Lipinski definition) is 3. The van der Waals surface area contributed by atoms with Crippen LogP contribution in [0, 0.1) is 13.8 Å². The van der Waals surface area contributed by atoms with Crippen LogP contribution in [0.5, 0.6) is 5.75 Å². The van der Waals surface area contributed by atoms with Gasteiger partial charge in [-0.1, -0.05) is 6.07 Å². The van der Waals surface area contributed by atoms with E-state index in [1.807, 2.05) is 13.8 Å². The molecule has 1 rings (SSSR count). The molecule has 76 valence electrons. The minimum absolute atomic E-state index is 0.253. The predicted molar refractivity (Wildman–Crippen MR) is 53.3 cm³/mol. The van der Waals surface area contributed by atoms with Crippen molar-refractivity contribution in [2.45, 2.75) is 20.3 Å². The highest BCUT2D eigenvalue weighted by Crippen LogP contribution is 2.23. The molecule has 0 aliphatic heterocycles. The number of benzene rings is 1. The lowest BCUT2D eigenvalue weighted by Gasteiger charge is -2.08. The van der Waals surface area contributed by atoms with Crippen molar-refractivity contribution in [1.82, 2.24) is 0 Å². The molecule has 0 bridgehead atoms. The number of phenols is 1. The fourth-order valence-corrected chi connectivity index (χ4v) is 1.28. The Labute approximate surface area is 83.3 Å². The van der Waals surface area contributed by atoms with Gasteiger partial charge < -0.3 is 9.84 Å². The van der Waals surface area contributed by atoms with Crippen molar-refractivity contribution in [2.24, 2.45) is 0 Å². The molecule has 0 saturated heterocycles. The monoisotopic (exact) mass is 194 g/mol. The van der Waals surface area contributed by atoms with Crippen molar-refractivity contribution >= 4 is 5.97 Å². The Morgan fingerprint density at radius 3 is 2.57 bits per heavy atom. The van der Waals surface area contributed by atoms with Gasteiger partial charge in [0.25, 0.3) is 0 Å². The van der Waals surface area contributed by atoms with E-state index < -0.39 is 0 Å². The lowest BCUT2D eigenvalue weighted by atomic mass is 10.0. The summed E-state index contributed by atoms with van der Waals surface area (Å²) in [6.45, 7) is 3.71. The molecular weight excluding hydrogens is 180 g/mol. The summed E-state index contributed by atoms with van der Waals surface area (Å²) in [5, 5.41) is 9.40. The number of rotatable bonds is 2. The number of ether oxygens (including phenoxy) is 1. The van der Waals surface area contributed by atoms with Crippen molar-refractivity contribution in [2.75, 3.05) is 7.11 Å². The molecule has 3 heteroatoms. The Kier molecular flexibility index (Phi) is 3.12. The fraction of sp³-hybridized carbons (Fsp3) is 0.364. The molecule has 1 aromatic carbocycles. The maximum absolute atomic E-state index is 11.0. The first-order valence-electron chi connectivity index (χ1n) is 4.41. The van der Waals surface area contributed by atoms with E-state index in [-0.39, 0.29) is 18.1 Å². The first-order chi connectivity index (χ1) is 6.56. The summed E-state index contributed by atoms with van der Waals surface area (Å²) in [4.78, 5) is 11.0. The number of esters is 1. The van der Waals surface area contributed by atoms with Crippen LogP contribution in [0.1, 0.15) is 16.7 Å². The molecule has 0 amide bonds. The quantitative estimate of drug-likeness (QED) is 0.729. The molecule has 0 aromatic heterocycles. The highest BCUT2D eigenvalue weighted by atomic mass is 16.5. The van der Waals surface area contributed by atoms with E-state index in [0.29, 0.717) is 0 Å². The highest BCUT2D eigenvalue weighted by molar-refractivity contribution is 5.73. The van der Waals surface area contributed by atoms with Gasteiger partial charge in [-0.15, -0.1) is 0 Å². The molecule has 0 radical (unpaired) electrons. The molecule has 0 atom stereocenters. The average Bonchev–Trinajstić information content (AvgIpc) is 2.19. The number of carbonyl (C=O) groups excluding carboxylic acids is 1. The van der Waals surface area contributed by atoms with E-state index in [0.717, 1.165) is 16.7 Å². The maximum Gasteiger partial charge on any atom is 0.309 e. The second-order valence-corrected chi connectivity index (χ2v) is 3.25. The van der Waals surface area contributed by atoms with Gasteiger partial charge in [0.05, 0.1) is 13.5 Å². The minimum atomic E-state index is -0.266. The zero-order chi connectivity index (χ0) is 10.7. The smallest absolute Gasteiger partial charge is 0.309 e. The molecule has 1 aromatic rings. The molecule has 0 heterocycles. The van der Waals surface area contributed by atoms with Gasteiger partial charge in [0, 0.05) is 0 Å². The normalized spacial score (nSPS) is 9.93. The Hall–Kier alpha value is -1.51. The van der Waals surface area contributed by atoms with Crippen molar-refractivity contribution < 1.29 is 14.6 Å². The second kappa shape index (κ2) is 4.13. The van der Waals surface area contributed by atoms with E-state index in [9.17, 15) is 9.90 Å². The summed E-state index contributed by atoms with van der Waals surface area (Å²) in [7, 11) is 1.37. The summed E-state index contributed by atoms with van der Waals surface area (Å²) >= 11 is 0. The molecule has 0 aliphatic carbocycles. The summed E-state index contributed by atoms with van der Waals surface area (Å²) in [6.07, 6.45) is 0.253. The van der Waals surface area contributed by atoms with Crippen LogP contribution in [-0.2, 0) is 16.0 Å². The van der Waals surface area contributed by atoms with Crippen molar-refractivity contribution in [3.63, 3.8) is 0 Å². The van der Waals surface area contributed by atoms with E-state index >= 15 is 0 Å². The Bertz CT molecular complexity index is 356. The summed E-state index contributed by atoms with van der Waals surface area (Å²) in [5.74, 6) is -0.00527. The van der Waals surface area contributed by atoms with Crippen LogP contribution in [0.15, 0.2) is 12.1 Å². The third-order valence-corrected chi connectivity index (χ3v) is 2.43. The molecule has 0 saturated carbocycles. The number of aromatic hydroxyl groups is 1. The van der Waals surface area contributed by atoms with Crippen molar-refractivity contribution in [1.29, 1.82) is 0 Å². The van der Waals surface area contributed by atoms with Crippen LogP contribution in [0.4, 0.5) is 0 Å². The van der Waals surface area contributed by atoms with E-state index in [1.54, 1.807) is 12.1 Å². The topological polar surface area (TPSA) is 46.5 Å². The van der Waals surface area contributed by atoms with Gasteiger partial charge in [-0.3, -0.25) is 4.79 Å². The lowest BCUT2D eigenvalue weighted by Crippen LogP contribution is -2.06. The molecule has 0 fully saturated rings. The molecule has 1 N–H and O–H groups in total. The van der Waals surface area contributed by atoms with Crippen LogP contribution in [0.3, 0.4) is 0 Å². The largest absolute Gasteiger partial charge is 0.508 e. The van der Waals surface area contributed by atoms with Crippen LogP contribution in [0.2, 0.25) is 0 Å². The third-order valence-electron chi connectivity index (χ3n) is 2.43. The Morgan fingerprint density at radius 1 is 1.36 bits per heavy atom. The predicted octanol–water partition coefficient (Wildman–Crippen LogP) is 1.72. The summed E-state index contributed by atoms with van der Waals surface area (Å²) < 4.78 is 4.58. The first kappa shape index (κ1) is 10.6. The number of methoxy groups -OCH3 is 1. The van der Waals surface area contributed by atoms with Gasteiger partial charge in [0.15, 0.2) is 0 Å². The second-order valence-electron chi connectivity index (χ2n) is 3.25. The fourth-order valence-electron chi connectivity index (χ4n) is 1.28. The number of carbonyl (C=O) groups is 1. The van der Waals surface area contributed by atoms with Crippen LogP contribution in [0.25, 0.3) is 0 Å². The van der Waals surface area contributed by atoms with Gasteiger partial charge in [-0.05, 0) is 36.6 Å². The van der Waals surface area contributed by atoms with Crippen LogP contribution < -0.4 is 0 Å².